The number of benzene rings is 3. The third kappa shape index (κ3) is 4.40. The van der Waals surface area contributed by atoms with Crippen LogP contribution >= 0.6 is 0 Å². The molecule has 3 unspecified atom stereocenters. The zero-order chi connectivity index (χ0) is 29.9. The van der Waals surface area contributed by atoms with Gasteiger partial charge in [-0.15, -0.1) is 0 Å². The molecule has 8 nitrogen and oxygen atoms in total. The van der Waals surface area contributed by atoms with Gasteiger partial charge in [0, 0.05) is 22.4 Å². The van der Waals surface area contributed by atoms with Gasteiger partial charge in [0.1, 0.15) is 11.7 Å². The van der Waals surface area contributed by atoms with Gasteiger partial charge in [-0.1, -0.05) is 30.3 Å². The molecule has 1 aliphatic heterocycles. The van der Waals surface area contributed by atoms with Crippen molar-refractivity contribution in [1.29, 1.82) is 0 Å². The summed E-state index contributed by atoms with van der Waals surface area (Å²) >= 11 is 0. The van der Waals surface area contributed by atoms with E-state index in [4.69, 9.17) is 4.74 Å². The number of hydrogen-bond acceptors (Lipinski definition) is 6. The van der Waals surface area contributed by atoms with Crippen LogP contribution in [0.15, 0.2) is 66.7 Å². The van der Waals surface area contributed by atoms with Crippen molar-refractivity contribution in [3.05, 3.63) is 100 Å². The first-order valence-corrected chi connectivity index (χ1v) is 12.1. The summed E-state index contributed by atoms with van der Waals surface area (Å²) in [6.45, 7) is 1.32. The summed E-state index contributed by atoms with van der Waals surface area (Å²) in [4.78, 5) is 65.1. The number of rotatable bonds is 5. The van der Waals surface area contributed by atoms with E-state index in [1.54, 1.807) is 0 Å². The lowest BCUT2D eigenvalue weighted by Gasteiger charge is -2.25. The molecule has 210 valence electrons. The molecule has 0 bridgehead atoms. The average molecular weight is 569 g/mol. The van der Waals surface area contributed by atoms with Crippen molar-refractivity contribution in [3.63, 3.8) is 0 Å². The van der Waals surface area contributed by atoms with Crippen molar-refractivity contribution >= 4 is 34.9 Å². The molecular weight excluding hydrogens is 550 g/mol. The first kappa shape index (κ1) is 27.8. The van der Waals surface area contributed by atoms with E-state index in [0.29, 0.717) is 17.7 Å². The number of ether oxygens (including phenoxy) is 1. The molecule has 1 fully saturated rings. The van der Waals surface area contributed by atoms with E-state index in [0.717, 1.165) is 6.07 Å². The molecule has 5 rings (SSSR count). The third-order valence-corrected chi connectivity index (χ3v) is 7.28. The van der Waals surface area contributed by atoms with Crippen LogP contribution in [0.3, 0.4) is 0 Å². The topological polar surface area (TPSA) is 127 Å². The van der Waals surface area contributed by atoms with E-state index in [9.17, 15) is 46.6 Å². The Balaban J connectivity index is 1.64. The monoisotopic (exact) mass is 569 g/mol. The third-order valence-electron chi connectivity index (χ3n) is 7.28. The maximum absolute atomic E-state index is 14.6. The minimum absolute atomic E-state index is 0.106. The number of carbonyl (C=O) groups excluding carboxylic acids is 4. The van der Waals surface area contributed by atoms with E-state index >= 15 is 0 Å². The number of halogens is 4. The molecule has 3 aromatic rings. The van der Waals surface area contributed by atoms with Gasteiger partial charge < -0.3 is 15.2 Å². The van der Waals surface area contributed by atoms with Crippen molar-refractivity contribution in [2.75, 3.05) is 5.32 Å². The first-order chi connectivity index (χ1) is 19.3. The van der Waals surface area contributed by atoms with Crippen LogP contribution in [0.25, 0.3) is 0 Å². The van der Waals surface area contributed by atoms with Crippen molar-refractivity contribution in [2.45, 2.75) is 24.8 Å². The van der Waals surface area contributed by atoms with Gasteiger partial charge >= 0.3 is 12.1 Å². The quantitative estimate of drug-likeness (QED) is 0.255. The highest BCUT2D eigenvalue weighted by Gasteiger charge is 2.71. The van der Waals surface area contributed by atoms with Gasteiger partial charge in [-0.05, 0) is 48.9 Å². The fourth-order valence-corrected chi connectivity index (χ4v) is 5.39. The Labute approximate surface area is 228 Å². The standard InChI is InChI=1S/C29H19F4NO7/c1-13(35)14-6-9-16(10-7-14)34-26(38)21-22(27(39)40)28(24(36)17-4-2-3-5-18(17)25(28)37)41-23(21)15-8-11-19(20(30)12-15)29(31,32)33/h2-12,21-23H,1H3,(H,34,38)(H,39,40). The molecule has 2 N–H and O–H groups in total. The van der Waals surface area contributed by atoms with Gasteiger partial charge in [-0.3, -0.25) is 24.0 Å². The Hall–Kier alpha value is -4.71. The molecule has 1 saturated heterocycles. The predicted molar refractivity (Wildman–Crippen MR) is 133 cm³/mol. The highest BCUT2D eigenvalue weighted by molar-refractivity contribution is 6.34. The number of carbonyl (C=O) groups is 5. The molecule has 1 spiro atoms. The summed E-state index contributed by atoms with van der Waals surface area (Å²) in [5, 5.41) is 12.7. The van der Waals surface area contributed by atoms with Gasteiger partial charge in [0.2, 0.25) is 23.1 Å². The largest absolute Gasteiger partial charge is 0.481 e. The lowest BCUT2D eigenvalue weighted by Crippen LogP contribution is -2.52. The van der Waals surface area contributed by atoms with Crippen molar-refractivity contribution in [2.24, 2.45) is 11.8 Å². The molecule has 3 aromatic carbocycles. The van der Waals surface area contributed by atoms with Crippen LogP contribution < -0.4 is 5.32 Å². The Kier molecular flexibility index (Phi) is 6.61. The zero-order valence-electron chi connectivity index (χ0n) is 21.0. The number of alkyl halides is 3. The maximum atomic E-state index is 14.6. The van der Waals surface area contributed by atoms with Gasteiger partial charge in [-0.25, -0.2) is 4.39 Å². The van der Waals surface area contributed by atoms with Crippen molar-refractivity contribution < 1.29 is 51.4 Å². The second-order valence-electron chi connectivity index (χ2n) is 9.68. The molecule has 3 atom stereocenters. The van der Waals surface area contributed by atoms with E-state index in [-0.39, 0.29) is 28.2 Å². The van der Waals surface area contributed by atoms with Crippen LogP contribution in [0, 0.1) is 17.7 Å². The van der Waals surface area contributed by atoms with Crippen LogP contribution in [-0.4, -0.2) is 39.9 Å². The second kappa shape index (κ2) is 9.73. The van der Waals surface area contributed by atoms with Crippen molar-refractivity contribution in [1.82, 2.24) is 0 Å². The van der Waals surface area contributed by atoms with Crippen LogP contribution in [0.5, 0.6) is 0 Å². The Morgan fingerprint density at radius 2 is 1.51 bits per heavy atom. The molecule has 41 heavy (non-hydrogen) atoms. The number of anilines is 1. The molecule has 1 heterocycles. The fourth-order valence-electron chi connectivity index (χ4n) is 5.39. The summed E-state index contributed by atoms with van der Waals surface area (Å²) in [6.07, 6.45) is -6.86. The molecular formula is C29H19F4NO7. The van der Waals surface area contributed by atoms with E-state index < -0.39 is 64.5 Å². The van der Waals surface area contributed by atoms with Gasteiger partial charge in [0.15, 0.2) is 5.78 Å². The number of aliphatic carboxylic acids is 1. The van der Waals surface area contributed by atoms with E-state index in [1.807, 2.05) is 0 Å². The van der Waals surface area contributed by atoms with Gasteiger partial charge in [0.05, 0.1) is 17.6 Å². The number of carboxylic acid groups (broad SMARTS) is 1. The average Bonchev–Trinajstić information content (AvgIpc) is 3.38. The van der Waals surface area contributed by atoms with Crippen LogP contribution in [0.4, 0.5) is 23.2 Å². The second-order valence-corrected chi connectivity index (χ2v) is 9.68. The minimum atomic E-state index is -5.05. The highest BCUT2D eigenvalue weighted by Crippen LogP contribution is 2.54. The number of ketones is 3. The normalized spacial score (nSPS) is 21.1. The maximum Gasteiger partial charge on any atom is 0.419 e. The highest BCUT2D eigenvalue weighted by atomic mass is 19.4. The van der Waals surface area contributed by atoms with Crippen molar-refractivity contribution in [3.8, 4) is 0 Å². The summed E-state index contributed by atoms with van der Waals surface area (Å²) in [5.74, 6) is -10.9. The molecule has 1 aliphatic carbocycles. The molecule has 0 saturated carbocycles. The lowest BCUT2D eigenvalue weighted by molar-refractivity contribution is -0.147. The SMILES string of the molecule is CC(=O)c1ccc(NC(=O)C2C(c3ccc(C(F)(F)F)c(F)c3)OC3(C(=O)c4ccccc4C3=O)C2C(=O)O)cc1. The number of fused-ring (bicyclic) bond motifs is 1. The molecule has 1 amide bonds. The molecule has 0 aromatic heterocycles. The molecule has 2 aliphatic rings. The van der Waals surface area contributed by atoms with Crippen LogP contribution in [0.2, 0.25) is 0 Å². The molecule has 12 heteroatoms. The molecule has 0 radical (unpaired) electrons. The first-order valence-electron chi connectivity index (χ1n) is 12.1. The number of nitrogens with one attached hydrogen (secondary N) is 1. The number of carboxylic acids is 1. The Bertz CT molecular complexity index is 1600. The zero-order valence-corrected chi connectivity index (χ0v) is 21.0. The Morgan fingerprint density at radius 1 is 0.927 bits per heavy atom. The summed E-state index contributed by atoms with van der Waals surface area (Å²) in [6, 6.07) is 12.6. The van der Waals surface area contributed by atoms with Gasteiger partial charge in [-0.2, -0.15) is 13.2 Å². The lowest BCUT2D eigenvalue weighted by atomic mass is 9.75. The number of hydrogen-bond donors (Lipinski definition) is 2. The van der Waals surface area contributed by atoms with Crippen LogP contribution in [-0.2, 0) is 20.5 Å². The number of Topliss-reactive ketones (excluding diaryl/α,β-unsaturated/α-hetero) is 3. The summed E-state index contributed by atoms with van der Waals surface area (Å²) in [5.41, 5.74) is -4.62. The smallest absolute Gasteiger partial charge is 0.419 e. The van der Waals surface area contributed by atoms with E-state index in [2.05, 4.69) is 5.32 Å². The van der Waals surface area contributed by atoms with Crippen LogP contribution in [0.1, 0.15) is 55.2 Å². The van der Waals surface area contributed by atoms with E-state index in [1.165, 1.54) is 55.5 Å². The Morgan fingerprint density at radius 3 is 2.00 bits per heavy atom. The number of amides is 1. The predicted octanol–water partition coefficient (Wildman–Crippen LogP) is 4.89. The summed E-state index contributed by atoms with van der Waals surface area (Å²) in [7, 11) is 0. The minimum Gasteiger partial charge on any atom is -0.481 e. The fraction of sp³-hybridized carbons (Fsp3) is 0.207. The summed E-state index contributed by atoms with van der Waals surface area (Å²) < 4.78 is 60.1. The van der Waals surface area contributed by atoms with Gasteiger partial charge in [0.25, 0.3) is 0 Å².